The van der Waals surface area contributed by atoms with Crippen molar-refractivity contribution >= 4 is 5.78 Å². The first kappa shape index (κ1) is 8.05. The number of aryl methyl sites for hydroxylation is 1. The largest absolute Gasteiger partial charge is 0.488 e. The Bertz CT molecular complexity index is 391. The van der Waals surface area contributed by atoms with Gasteiger partial charge in [0, 0.05) is 5.57 Å². The van der Waals surface area contributed by atoms with Gasteiger partial charge in [-0.1, -0.05) is 12.6 Å². The lowest BCUT2D eigenvalue weighted by Gasteiger charge is -2.17. The second-order valence-corrected chi connectivity index (χ2v) is 3.22. The molecular formula is C11H10O2. The third-order valence-corrected chi connectivity index (χ3v) is 2.10. The highest BCUT2D eigenvalue weighted by molar-refractivity contribution is 6.11. The number of fused-ring (bicyclic) bond motifs is 1. The van der Waals surface area contributed by atoms with Crippen LogP contribution >= 0.6 is 0 Å². The van der Waals surface area contributed by atoms with Crippen LogP contribution in [0.2, 0.25) is 0 Å². The number of hydrogen-bond acceptors (Lipinski definition) is 2. The zero-order valence-corrected chi connectivity index (χ0v) is 7.46. The monoisotopic (exact) mass is 174 g/mol. The molecule has 0 atom stereocenters. The molecule has 1 heterocycles. The van der Waals surface area contributed by atoms with Gasteiger partial charge in [-0.3, -0.25) is 4.79 Å². The van der Waals surface area contributed by atoms with Gasteiger partial charge >= 0.3 is 0 Å². The Hall–Kier alpha value is -1.57. The molecule has 0 saturated heterocycles. The quantitative estimate of drug-likeness (QED) is 0.563. The molecule has 0 bridgehead atoms. The van der Waals surface area contributed by atoms with Gasteiger partial charge in [0.2, 0.25) is 0 Å². The summed E-state index contributed by atoms with van der Waals surface area (Å²) in [6, 6.07) is 5.57. The predicted octanol–water partition coefficient (Wildman–Crippen LogP) is 2.13. The Morgan fingerprint density at radius 3 is 3.00 bits per heavy atom. The summed E-state index contributed by atoms with van der Waals surface area (Å²) in [4.78, 5) is 11.5. The minimum atomic E-state index is 0.00116. The maximum atomic E-state index is 11.5. The van der Waals surface area contributed by atoms with Crippen LogP contribution in [0.4, 0.5) is 0 Å². The normalized spacial score (nSPS) is 15.2. The van der Waals surface area contributed by atoms with Crippen LogP contribution in [0.3, 0.4) is 0 Å². The molecule has 0 amide bonds. The lowest BCUT2D eigenvalue weighted by Crippen LogP contribution is -2.18. The van der Waals surface area contributed by atoms with Crippen molar-refractivity contribution in [2.24, 2.45) is 0 Å². The SMILES string of the molecule is C=C1COc2cc(C)ccc2C1=O. The number of Topliss-reactive ketones (excluding diaryl/α,β-unsaturated/α-hetero) is 1. The van der Waals surface area contributed by atoms with Gasteiger partial charge in [0.1, 0.15) is 12.4 Å². The Kier molecular flexibility index (Phi) is 1.69. The molecule has 1 aliphatic heterocycles. The molecule has 0 unspecified atom stereocenters. The van der Waals surface area contributed by atoms with Crippen molar-refractivity contribution in [2.75, 3.05) is 6.61 Å². The topological polar surface area (TPSA) is 26.3 Å². The number of benzene rings is 1. The second kappa shape index (κ2) is 2.73. The average Bonchev–Trinajstić information content (AvgIpc) is 2.12. The summed E-state index contributed by atoms with van der Waals surface area (Å²) in [6.07, 6.45) is 0. The Balaban J connectivity index is 2.56. The van der Waals surface area contributed by atoms with Gasteiger partial charge in [-0.25, -0.2) is 0 Å². The summed E-state index contributed by atoms with van der Waals surface area (Å²) in [7, 11) is 0. The highest BCUT2D eigenvalue weighted by Gasteiger charge is 2.21. The Morgan fingerprint density at radius 2 is 2.23 bits per heavy atom. The summed E-state index contributed by atoms with van der Waals surface area (Å²) in [5.41, 5.74) is 2.25. The second-order valence-electron chi connectivity index (χ2n) is 3.22. The van der Waals surface area contributed by atoms with Gasteiger partial charge in [-0.05, 0) is 24.6 Å². The zero-order valence-electron chi connectivity index (χ0n) is 7.46. The standard InChI is InChI=1S/C11H10O2/c1-7-3-4-9-10(5-7)13-6-8(2)11(9)12/h3-5H,2,6H2,1H3. The van der Waals surface area contributed by atoms with Crippen molar-refractivity contribution in [3.63, 3.8) is 0 Å². The van der Waals surface area contributed by atoms with Crippen LogP contribution < -0.4 is 4.74 Å². The highest BCUT2D eigenvalue weighted by Crippen LogP contribution is 2.26. The van der Waals surface area contributed by atoms with Crippen molar-refractivity contribution < 1.29 is 9.53 Å². The minimum Gasteiger partial charge on any atom is -0.488 e. The summed E-state index contributed by atoms with van der Waals surface area (Å²) in [6.45, 7) is 5.93. The maximum absolute atomic E-state index is 11.5. The highest BCUT2D eigenvalue weighted by atomic mass is 16.5. The van der Waals surface area contributed by atoms with Gasteiger partial charge in [-0.15, -0.1) is 0 Å². The third-order valence-electron chi connectivity index (χ3n) is 2.10. The van der Waals surface area contributed by atoms with Crippen LogP contribution in [0.15, 0.2) is 30.4 Å². The van der Waals surface area contributed by atoms with E-state index in [-0.39, 0.29) is 5.78 Å². The Morgan fingerprint density at radius 1 is 1.46 bits per heavy atom. The van der Waals surface area contributed by atoms with Gasteiger partial charge in [0.05, 0.1) is 5.56 Å². The van der Waals surface area contributed by atoms with Gasteiger partial charge in [0.25, 0.3) is 0 Å². The molecule has 2 rings (SSSR count). The molecule has 0 aliphatic carbocycles. The minimum absolute atomic E-state index is 0.00116. The van der Waals surface area contributed by atoms with Crippen molar-refractivity contribution in [2.45, 2.75) is 6.92 Å². The van der Waals surface area contributed by atoms with Crippen molar-refractivity contribution in [3.05, 3.63) is 41.5 Å². The predicted molar refractivity (Wildman–Crippen MR) is 50.1 cm³/mol. The molecule has 0 saturated carbocycles. The van der Waals surface area contributed by atoms with E-state index in [2.05, 4.69) is 6.58 Å². The maximum Gasteiger partial charge on any atom is 0.195 e. The summed E-state index contributed by atoms with van der Waals surface area (Å²) < 4.78 is 5.37. The van der Waals surface area contributed by atoms with E-state index in [1.165, 1.54) is 0 Å². The first-order chi connectivity index (χ1) is 6.18. The molecule has 1 aromatic rings. The van der Waals surface area contributed by atoms with Gasteiger partial charge in [0.15, 0.2) is 5.78 Å². The fraction of sp³-hybridized carbons (Fsp3) is 0.182. The number of carbonyl (C=O) groups is 1. The summed E-state index contributed by atoms with van der Waals surface area (Å²) >= 11 is 0. The van der Waals surface area contributed by atoms with Gasteiger partial charge in [-0.2, -0.15) is 0 Å². The summed E-state index contributed by atoms with van der Waals surface area (Å²) in [5, 5.41) is 0. The van der Waals surface area contributed by atoms with E-state index in [0.29, 0.717) is 23.5 Å². The molecule has 0 radical (unpaired) electrons. The molecular weight excluding hydrogens is 164 g/mol. The van der Waals surface area contributed by atoms with Crippen LogP contribution in [-0.4, -0.2) is 12.4 Å². The lowest BCUT2D eigenvalue weighted by molar-refractivity contribution is 0.1000. The first-order valence-corrected chi connectivity index (χ1v) is 4.14. The lowest BCUT2D eigenvalue weighted by atomic mass is 10.0. The van der Waals surface area contributed by atoms with E-state index in [1.807, 2.05) is 19.1 Å². The molecule has 1 aromatic carbocycles. The molecule has 2 heteroatoms. The fourth-order valence-corrected chi connectivity index (χ4v) is 1.36. The first-order valence-electron chi connectivity index (χ1n) is 4.14. The van der Waals surface area contributed by atoms with Crippen LogP contribution in [-0.2, 0) is 0 Å². The molecule has 1 aliphatic rings. The van der Waals surface area contributed by atoms with E-state index in [9.17, 15) is 4.79 Å². The molecule has 0 fully saturated rings. The van der Waals surface area contributed by atoms with Crippen LogP contribution in [0.1, 0.15) is 15.9 Å². The molecule has 2 nitrogen and oxygen atoms in total. The fourth-order valence-electron chi connectivity index (χ4n) is 1.36. The van der Waals surface area contributed by atoms with E-state index >= 15 is 0 Å². The molecule has 0 spiro atoms. The van der Waals surface area contributed by atoms with Crippen LogP contribution in [0, 0.1) is 6.92 Å². The van der Waals surface area contributed by atoms with Crippen LogP contribution in [0.5, 0.6) is 5.75 Å². The van der Waals surface area contributed by atoms with Crippen molar-refractivity contribution in [1.82, 2.24) is 0 Å². The number of rotatable bonds is 0. The van der Waals surface area contributed by atoms with Crippen molar-refractivity contribution in [3.8, 4) is 5.75 Å². The Labute approximate surface area is 76.8 Å². The average molecular weight is 174 g/mol. The van der Waals surface area contributed by atoms with E-state index in [0.717, 1.165) is 5.56 Å². The molecule has 0 aromatic heterocycles. The number of ketones is 1. The van der Waals surface area contributed by atoms with E-state index < -0.39 is 0 Å². The van der Waals surface area contributed by atoms with Gasteiger partial charge < -0.3 is 4.74 Å². The third kappa shape index (κ3) is 1.24. The number of ether oxygens (including phenoxy) is 1. The number of carbonyl (C=O) groups excluding carboxylic acids is 1. The van der Waals surface area contributed by atoms with E-state index in [1.54, 1.807) is 6.07 Å². The summed E-state index contributed by atoms with van der Waals surface area (Å²) in [5.74, 6) is 0.679. The number of hydrogen-bond donors (Lipinski definition) is 0. The molecule has 0 N–H and O–H groups in total. The molecule has 66 valence electrons. The van der Waals surface area contributed by atoms with E-state index in [4.69, 9.17) is 4.74 Å². The van der Waals surface area contributed by atoms with Crippen LogP contribution in [0.25, 0.3) is 0 Å². The zero-order chi connectivity index (χ0) is 9.42. The van der Waals surface area contributed by atoms with Crippen molar-refractivity contribution in [1.29, 1.82) is 0 Å². The smallest absolute Gasteiger partial charge is 0.195 e. The molecule has 13 heavy (non-hydrogen) atoms.